The van der Waals surface area contributed by atoms with Crippen LogP contribution in [0, 0.1) is 0 Å². The van der Waals surface area contributed by atoms with E-state index in [0.29, 0.717) is 17.1 Å². The van der Waals surface area contributed by atoms with E-state index in [0.717, 1.165) is 43.3 Å². The molecule has 0 radical (unpaired) electrons. The Kier molecular flexibility index (Phi) is 5.72. The van der Waals surface area contributed by atoms with Gasteiger partial charge in [-0.25, -0.2) is 15.0 Å². The fraction of sp³-hybridized carbons (Fsp3) is 0.579. The second-order valence-corrected chi connectivity index (χ2v) is 8.59. The summed E-state index contributed by atoms with van der Waals surface area (Å²) in [5, 5.41) is 3.39. The first-order valence-corrected chi connectivity index (χ1v) is 10.6. The van der Waals surface area contributed by atoms with Crippen LogP contribution in [0.3, 0.4) is 0 Å². The molecule has 2 aromatic rings. The number of nitrogens with zero attached hydrogens (tertiary/aromatic N) is 5. The van der Waals surface area contributed by atoms with Crippen molar-refractivity contribution in [3.63, 3.8) is 0 Å². The van der Waals surface area contributed by atoms with Gasteiger partial charge < -0.3 is 15.0 Å². The van der Waals surface area contributed by atoms with Crippen LogP contribution in [0.1, 0.15) is 38.0 Å². The predicted octanol–water partition coefficient (Wildman–Crippen LogP) is 2.53. The number of hydrogen-bond acceptors (Lipinski definition) is 8. The number of carbonyl (C=O) groups is 1. The minimum absolute atomic E-state index is 0.0953. The molecule has 2 saturated heterocycles. The van der Waals surface area contributed by atoms with Crippen LogP contribution >= 0.6 is 11.3 Å². The number of ether oxygens (including phenoxy) is 1. The highest BCUT2D eigenvalue weighted by atomic mass is 32.1. The summed E-state index contributed by atoms with van der Waals surface area (Å²) in [5.41, 5.74) is 0. The molecule has 1 N–H and O–H groups in total. The molecule has 0 bridgehead atoms. The standard InChI is InChI=1S/C19H26N6O2S/c1-13-7-15(10-25(13)11-16-9-20-19(28-16)23-14(2)26)27-18-8-17(21-12-22-18)24-5-3-4-6-24/h8-9,12-13,15H,3-7,10-11H2,1-2H3,(H,20,23,26)/t13-,15+/m0/s1. The van der Waals surface area contributed by atoms with Gasteiger partial charge in [0.2, 0.25) is 11.8 Å². The van der Waals surface area contributed by atoms with Gasteiger partial charge in [0.1, 0.15) is 18.2 Å². The fourth-order valence-corrected chi connectivity index (χ4v) is 4.71. The first kappa shape index (κ1) is 19.1. The van der Waals surface area contributed by atoms with Crippen LogP contribution in [0.15, 0.2) is 18.6 Å². The van der Waals surface area contributed by atoms with Crippen molar-refractivity contribution in [3.8, 4) is 5.88 Å². The summed E-state index contributed by atoms with van der Waals surface area (Å²) in [5.74, 6) is 1.52. The molecule has 1 amide bonds. The number of hydrogen-bond donors (Lipinski definition) is 1. The van der Waals surface area contributed by atoms with Gasteiger partial charge in [0.25, 0.3) is 0 Å². The minimum Gasteiger partial charge on any atom is -0.473 e. The van der Waals surface area contributed by atoms with Gasteiger partial charge in [-0.05, 0) is 19.8 Å². The smallest absolute Gasteiger partial charge is 0.223 e. The number of likely N-dealkylation sites (tertiary alicyclic amines) is 1. The molecule has 0 unspecified atom stereocenters. The number of anilines is 2. The molecular formula is C19H26N6O2S. The summed E-state index contributed by atoms with van der Waals surface area (Å²) in [4.78, 5) is 29.9. The van der Waals surface area contributed by atoms with Crippen molar-refractivity contribution in [3.05, 3.63) is 23.5 Å². The van der Waals surface area contributed by atoms with E-state index in [-0.39, 0.29) is 12.0 Å². The molecule has 150 valence electrons. The molecule has 0 aliphatic carbocycles. The van der Waals surface area contributed by atoms with Gasteiger partial charge >= 0.3 is 0 Å². The Hall–Kier alpha value is -2.26. The topological polar surface area (TPSA) is 83.5 Å². The summed E-state index contributed by atoms with van der Waals surface area (Å²) >= 11 is 1.52. The average Bonchev–Trinajstić information content (AvgIpc) is 3.38. The summed E-state index contributed by atoms with van der Waals surface area (Å²) in [6.07, 6.45) is 6.94. The SMILES string of the molecule is CC(=O)Nc1ncc(CN2C[C@H](Oc3cc(N4CCCC4)ncn3)C[C@@H]2C)s1. The lowest BCUT2D eigenvalue weighted by atomic mass is 10.2. The average molecular weight is 403 g/mol. The Bertz CT molecular complexity index is 822. The zero-order valence-corrected chi connectivity index (χ0v) is 17.1. The summed E-state index contributed by atoms with van der Waals surface area (Å²) in [7, 11) is 0. The van der Waals surface area contributed by atoms with E-state index in [1.165, 1.54) is 31.1 Å². The zero-order valence-electron chi connectivity index (χ0n) is 16.3. The van der Waals surface area contributed by atoms with Crippen molar-refractivity contribution in [1.82, 2.24) is 19.9 Å². The molecule has 28 heavy (non-hydrogen) atoms. The quantitative estimate of drug-likeness (QED) is 0.795. The largest absolute Gasteiger partial charge is 0.473 e. The summed E-state index contributed by atoms with van der Waals surface area (Å²) in [6, 6.07) is 2.37. The molecule has 8 nitrogen and oxygen atoms in total. The molecule has 2 atom stereocenters. The second-order valence-electron chi connectivity index (χ2n) is 7.48. The Morgan fingerprint density at radius 3 is 2.93 bits per heavy atom. The summed E-state index contributed by atoms with van der Waals surface area (Å²) in [6.45, 7) is 7.47. The lowest BCUT2D eigenvalue weighted by molar-refractivity contribution is -0.114. The minimum atomic E-state index is -0.0953. The van der Waals surface area contributed by atoms with Crippen molar-refractivity contribution in [1.29, 1.82) is 0 Å². The van der Waals surface area contributed by atoms with Crippen molar-refractivity contribution < 1.29 is 9.53 Å². The molecule has 4 rings (SSSR count). The van der Waals surface area contributed by atoms with Gasteiger partial charge in [0.05, 0.1) is 0 Å². The Morgan fingerprint density at radius 2 is 2.14 bits per heavy atom. The first-order chi connectivity index (χ1) is 13.6. The van der Waals surface area contributed by atoms with Crippen LogP contribution in [-0.2, 0) is 11.3 Å². The van der Waals surface area contributed by atoms with Gasteiger partial charge in [0, 0.05) is 62.7 Å². The zero-order chi connectivity index (χ0) is 19.5. The Balaban J connectivity index is 1.34. The third-order valence-electron chi connectivity index (χ3n) is 5.21. The fourth-order valence-electron chi connectivity index (χ4n) is 3.82. The molecule has 4 heterocycles. The number of amides is 1. The van der Waals surface area contributed by atoms with Crippen LogP contribution in [0.4, 0.5) is 10.9 Å². The highest BCUT2D eigenvalue weighted by Gasteiger charge is 2.31. The number of thiazole rings is 1. The van der Waals surface area contributed by atoms with Gasteiger partial charge in [0.15, 0.2) is 5.13 Å². The number of rotatable bonds is 6. The van der Waals surface area contributed by atoms with Crippen molar-refractivity contribution in [2.45, 2.75) is 51.8 Å². The third-order valence-corrected chi connectivity index (χ3v) is 6.10. The van der Waals surface area contributed by atoms with E-state index in [1.54, 1.807) is 6.33 Å². The Labute approximate surface area is 169 Å². The van der Waals surface area contributed by atoms with E-state index in [2.05, 4.69) is 37.0 Å². The number of nitrogens with one attached hydrogen (secondary N) is 1. The van der Waals surface area contributed by atoms with Crippen LogP contribution in [0.25, 0.3) is 0 Å². The van der Waals surface area contributed by atoms with E-state index < -0.39 is 0 Å². The maximum absolute atomic E-state index is 11.2. The molecule has 2 aliphatic heterocycles. The van der Waals surface area contributed by atoms with E-state index in [9.17, 15) is 4.79 Å². The Morgan fingerprint density at radius 1 is 1.32 bits per heavy atom. The van der Waals surface area contributed by atoms with Crippen LogP contribution in [0.5, 0.6) is 5.88 Å². The molecular weight excluding hydrogens is 376 g/mol. The molecule has 2 fully saturated rings. The van der Waals surface area contributed by atoms with Gasteiger partial charge in [-0.3, -0.25) is 9.69 Å². The third kappa shape index (κ3) is 4.59. The van der Waals surface area contributed by atoms with Crippen molar-refractivity contribution in [2.75, 3.05) is 29.9 Å². The molecule has 0 aromatic carbocycles. The molecule has 9 heteroatoms. The monoisotopic (exact) mass is 402 g/mol. The molecule has 2 aliphatic rings. The lowest BCUT2D eigenvalue weighted by Gasteiger charge is -2.19. The molecule has 0 saturated carbocycles. The molecule has 0 spiro atoms. The lowest BCUT2D eigenvalue weighted by Crippen LogP contribution is -2.27. The van der Waals surface area contributed by atoms with Gasteiger partial charge in [-0.15, -0.1) is 11.3 Å². The summed E-state index contributed by atoms with van der Waals surface area (Å²) < 4.78 is 6.18. The molecule has 2 aromatic heterocycles. The maximum Gasteiger partial charge on any atom is 0.223 e. The number of carbonyl (C=O) groups excluding carboxylic acids is 1. The first-order valence-electron chi connectivity index (χ1n) is 9.77. The van der Waals surface area contributed by atoms with E-state index in [4.69, 9.17) is 4.74 Å². The maximum atomic E-state index is 11.2. The van der Waals surface area contributed by atoms with Crippen molar-refractivity contribution >= 4 is 28.2 Å². The normalized spacial score (nSPS) is 22.6. The van der Waals surface area contributed by atoms with Crippen LogP contribution < -0.4 is 15.0 Å². The predicted molar refractivity (Wildman–Crippen MR) is 109 cm³/mol. The number of aromatic nitrogens is 3. The highest BCUT2D eigenvalue weighted by molar-refractivity contribution is 7.15. The van der Waals surface area contributed by atoms with Gasteiger partial charge in [-0.2, -0.15) is 0 Å². The van der Waals surface area contributed by atoms with Crippen molar-refractivity contribution in [2.24, 2.45) is 0 Å². The second kappa shape index (κ2) is 8.40. The van der Waals surface area contributed by atoms with Crippen LogP contribution in [0.2, 0.25) is 0 Å². The van der Waals surface area contributed by atoms with E-state index >= 15 is 0 Å². The van der Waals surface area contributed by atoms with Crippen LogP contribution in [-0.4, -0.2) is 57.5 Å². The van der Waals surface area contributed by atoms with E-state index in [1.807, 2.05) is 12.3 Å². The highest BCUT2D eigenvalue weighted by Crippen LogP contribution is 2.27. The van der Waals surface area contributed by atoms with Gasteiger partial charge in [-0.1, -0.05) is 0 Å².